The molecule has 1 atom stereocenters. The van der Waals surface area contributed by atoms with E-state index in [2.05, 4.69) is 19.9 Å². The number of benzene rings is 1. The van der Waals surface area contributed by atoms with Gasteiger partial charge in [0.05, 0.1) is 23.8 Å². The highest BCUT2D eigenvalue weighted by Crippen LogP contribution is 2.36. The molecule has 1 saturated carbocycles. The molecular formula is C20H23F3N4O. The number of nitrogens with one attached hydrogen (secondary N) is 1. The second kappa shape index (κ2) is 7.33. The van der Waals surface area contributed by atoms with Gasteiger partial charge in [-0.05, 0) is 38.7 Å². The summed E-state index contributed by atoms with van der Waals surface area (Å²) in [6.45, 7) is 0.732. The predicted molar refractivity (Wildman–Crippen MR) is 101 cm³/mol. The van der Waals surface area contributed by atoms with E-state index in [0.29, 0.717) is 18.7 Å². The van der Waals surface area contributed by atoms with Crippen LogP contribution in [-0.4, -0.2) is 38.4 Å². The van der Waals surface area contributed by atoms with Gasteiger partial charge in [0, 0.05) is 17.5 Å². The summed E-state index contributed by atoms with van der Waals surface area (Å²) in [5.41, 5.74) is 2.52. The van der Waals surface area contributed by atoms with Gasteiger partial charge in [0.15, 0.2) is 0 Å². The Balaban J connectivity index is 1.66. The lowest BCUT2D eigenvalue weighted by Gasteiger charge is -2.32. The van der Waals surface area contributed by atoms with Crippen molar-refractivity contribution in [3.8, 4) is 0 Å². The highest BCUT2D eigenvalue weighted by atomic mass is 19.4. The fourth-order valence-electron chi connectivity index (χ4n) is 4.21. The lowest BCUT2D eigenvalue weighted by atomic mass is 9.90. The number of rotatable bonds is 4. The summed E-state index contributed by atoms with van der Waals surface area (Å²) in [4.78, 5) is 9.06. The zero-order chi connectivity index (χ0) is 19.9. The molecule has 0 aliphatic heterocycles. The van der Waals surface area contributed by atoms with E-state index in [9.17, 15) is 18.3 Å². The topological polar surface area (TPSA) is 63.0 Å². The highest BCUT2D eigenvalue weighted by Gasteiger charge is 2.31. The monoisotopic (exact) mass is 392 g/mol. The first kappa shape index (κ1) is 19.1. The van der Waals surface area contributed by atoms with Crippen molar-refractivity contribution < 1.29 is 18.3 Å². The first-order chi connectivity index (χ1) is 13.3. The van der Waals surface area contributed by atoms with Crippen molar-refractivity contribution in [2.24, 2.45) is 0 Å². The molecule has 2 N–H and O–H groups in total. The molecule has 0 saturated heterocycles. The number of imidazole rings is 1. The third-order valence-electron chi connectivity index (χ3n) is 5.48. The molecule has 0 unspecified atom stereocenters. The summed E-state index contributed by atoms with van der Waals surface area (Å²) in [7, 11) is 0. The normalized spacial score (nSPS) is 22.0. The number of aromatic nitrogens is 3. The van der Waals surface area contributed by atoms with Crippen LogP contribution in [0.2, 0.25) is 0 Å². The number of hydrogen-bond donors (Lipinski definition) is 2. The largest absolute Gasteiger partial charge is 0.401 e. The highest BCUT2D eigenvalue weighted by molar-refractivity contribution is 6.02. The second-order valence-electron chi connectivity index (χ2n) is 7.53. The molecule has 150 valence electrons. The Bertz CT molecular complexity index is 975. The Kier molecular flexibility index (Phi) is 5.01. The van der Waals surface area contributed by atoms with E-state index < -0.39 is 18.8 Å². The van der Waals surface area contributed by atoms with Gasteiger partial charge in [-0.25, -0.2) is 4.98 Å². The van der Waals surface area contributed by atoms with Crippen molar-refractivity contribution in [3.63, 3.8) is 0 Å². The summed E-state index contributed by atoms with van der Waals surface area (Å²) in [5.74, 6) is 0.583. The Hall–Kier alpha value is -2.19. The smallest absolute Gasteiger partial charge is 0.385 e. The van der Waals surface area contributed by atoms with Crippen molar-refractivity contribution in [1.82, 2.24) is 19.9 Å². The van der Waals surface area contributed by atoms with E-state index in [1.165, 1.54) is 0 Å². The van der Waals surface area contributed by atoms with Gasteiger partial charge in [-0.3, -0.25) is 4.98 Å². The maximum Gasteiger partial charge on any atom is 0.401 e. The van der Waals surface area contributed by atoms with Crippen LogP contribution in [0.5, 0.6) is 0 Å². The van der Waals surface area contributed by atoms with Gasteiger partial charge >= 0.3 is 6.18 Å². The van der Waals surface area contributed by atoms with Crippen molar-refractivity contribution in [1.29, 1.82) is 0 Å². The minimum Gasteiger partial charge on any atom is -0.385 e. The number of nitrogens with zero attached hydrogens (tertiary/aromatic N) is 3. The van der Waals surface area contributed by atoms with Crippen LogP contribution >= 0.6 is 0 Å². The van der Waals surface area contributed by atoms with E-state index in [-0.39, 0.29) is 12.1 Å². The zero-order valence-electron chi connectivity index (χ0n) is 15.6. The molecule has 4 rings (SSSR count). The van der Waals surface area contributed by atoms with Gasteiger partial charge < -0.3 is 15.0 Å². The fraction of sp³-hybridized carbons (Fsp3) is 0.500. The minimum atomic E-state index is -4.19. The van der Waals surface area contributed by atoms with Crippen LogP contribution in [0, 0.1) is 0 Å². The summed E-state index contributed by atoms with van der Waals surface area (Å²) in [6, 6.07) is 7.75. The SMILES string of the molecule is C[C@@H](O)c1nc2cnc3ccccc3c2n1C1CCC(NCC(F)(F)F)CC1. The third kappa shape index (κ3) is 3.71. The first-order valence-corrected chi connectivity index (χ1v) is 9.57. The average Bonchev–Trinajstić information content (AvgIpc) is 3.07. The quantitative estimate of drug-likeness (QED) is 0.696. The van der Waals surface area contributed by atoms with Crippen LogP contribution in [-0.2, 0) is 0 Å². The van der Waals surface area contributed by atoms with Crippen LogP contribution in [0.15, 0.2) is 30.5 Å². The molecule has 5 nitrogen and oxygen atoms in total. The molecule has 0 spiro atoms. The standard InChI is InChI=1S/C20H23F3N4O/c1-12(28)19-26-17-10-24-16-5-3-2-4-15(16)18(17)27(19)14-8-6-13(7-9-14)25-11-20(21,22)23/h2-5,10,12-14,25,28H,6-9,11H2,1H3/t12-,13?,14?/m1/s1. The Morgan fingerprint density at radius 2 is 1.89 bits per heavy atom. The first-order valence-electron chi connectivity index (χ1n) is 9.57. The fourth-order valence-corrected chi connectivity index (χ4v) is 4.21. The molecule has 1 fully saturated rings. The molecule has 2 aromatic heterocycles. The molecule has 1 aliphatic rings. The van der Waals surface area contributed by atoms with Gasteiger partial charge in [-0.15, -0.1) is 0 Å². The molecule has 1 aromatic carbocycles. The number of alkyl halides is 3. The molecule has 0 amide bonds. The summed E-state index contributed by atoms with van der Waals surface area (Å²) in [5, 5.41) is 13.9. The molecule has 28 heavy (non-hydrogen) atoms. The Labute approximate surface area is 160 Å². The van der Waals surface area contributed by atoms with Gasteiger partial charge in [-0.2, -0.15) is 13.2 Å². The molecule has 0 radical (unpaired) electrons. The zero-order valence-corrected chi connectivity index (χ0v) is 15.6. The third-order valence-corrected chi connectivity index (χ3v) is 5.48. The minimum absolute atomic E-state index is 0.0874. The van der Waals surface area contributed by atoms with Gasteiger partial charge in [0.2, 0.25) is 0 Å². The van der Waals surface area contributed by atoms with Gasteiger partial charge in [0.25, 0.3) is 0 Å². The van der Waals surface area contributed by atoms with Crippen LogP contribution in [0.1, 0.15) is 50.6 Å². The number of aliphatic hydroxyl groups is 1. The average molecular weight is 392 g/mol. The van der Waals surface area contributed by atoms with Gasteiger partial charge in [0.1, 0.15) is 17.4 Å². The van der Waals surface area contributed by atoms with Crippen molar-refractivity contribution in [2.45, 2.75) is 57.0 Å². The number of halogens is 3. The summed E-state index contributed by atoms with van der Waals surface area (Å²) in [6.07, 6.45) is -0.438. The van der Waals surface area contributed by atoms with Crippen LogP contribution in [0.25, 0.3) is 21.9 Å². The van der Waals surface area contributed by atoms with Gasteiger partial charge in [-0.1, -0.05) is 18.2 Å². The van der Waals surface area contributed by atoms with Crippen LogP contribution in [0.3, 0.4) is 0 Å². The molecule has 1 aliphatic carbocycles. The second-order valence-corrected chi connectivity index (χ2v) is 7.53. The van der Waals surface area contributed by atoms with Crippen LogP contribution in [0.4, 0.5) is 13.2 Å². The molecule has 8 heteroatoms. The molecule has 2 heterocycles. The van der Waals surface area contributed by atoms with Crippen molar-refractivity contribution in [3.05, 3.63) is 36.3 Å². The van der Waals surface area contributed by atoms with E-state index in [1.807, 2.05) is 24.3 Å². The van der Waals surface area contributed by atoms with Crippen LogP contribution < -0.4 is 5.32 Å². The molecular weight excluding hydrogens is 369 g/mol. The van der Waals surface area contributed by atoms with E-state index in [0.717, 1.165) is 34.8 Å². The number of hydrogen-bond acceptors (Lipinski definition) is 4. The predicted octanol–water partition coefficient (Wildman–Crippen LogP) is 4.27. The maximum atomic E-state index is 12.5. The van der Waals surface area contributed by atoms with Crippen molar-refractivity contribution in [2.75, 3.05) is 6.54 Å². The lowest BCUT2D eigenvalue weighted by Crippen LogP contribution is -2.39. The molecule has 3 aromatic rings. The Morgan fingerprint density at radius 1 is 1.18 bits per heavy atom. The maximum absolute atomic E-state index is 12.5. The van der Waals surface area contributed by atoms with E-state index >= 15 is 0 Å². The summed E-state index contributed by atoms with van der Waals surface area (Å²) < 4.78 is 39.5. The number of aliphatic hydroxyl groups excluding tert-OH is 1. The lowest BCUT2D eigenvalue weighted by molar-refractivity contribution is -0.126. The Morgan fingerprint density at radius 3 is 2.57 bits per heavy atom. The van der Waals surface area contributed by atoms with E-state index in [1.54, 1.807) is 13.1 Å². The van der Waals surface area contributed by atoms with E-state index in [4.69, 9.17) is 0 Å². The molecule has 0 bridgehead atoms. The number of pyridine rings is 1. The summed E-state index contributed by atoms with van der Waals surface area (Å²) >= 11 is 0. The van der Waals surface area contributed by atoms with Crippen molar-refractivity contribution >= 4 is 21.9 Å². The number of para-hydroxylation sites is 1. The number of fused-ring (bicyclic) bond motifs is 3.